The topological polar surface area (TPSA) is 213 Å². The zero-order chi connectivity index (χ0) is 27.7. The van der Waals surface area contributed by atoms with Crippen molar-refractivity contribution in [2.75, 3.05) is 32.7 Å². The molecule has 14 nitrogen and oxygen atoms in total. The second-order valence-corrected chi connectivity index (χ2v) is 9.68. The third kappa shape index (κ3) is 8.28. The van der Waals surface area contributed by atoms with Gasteiger partial charge in [0, 0.05) is 32.6 Å². The van der Waals surface area contributed by atoms with Gasteiger partial charge in [0.25, 0.3) is 5.89 Å². The highest BCUT2D eigenvalue weighted by Gasteiger charge is 2.35. The molecule has 2 aliphatic rings. The number of hydrogen-bond donors (Lipinski definition) is 5. The Kier molecular flexibility index (Phi) is 10.2. The van der Waals surface area contributed by atoms with E-state index in [4.69, 9.17) is 21.3 Å². The highest BCUT2D eigenvalue weighted by Crippen LogP contribution is 2.21. The van der Waals surface area contributed by atoms with Crippen LogP contribution >= 0.6 is 0 Å². The highest BCUT2D eigenvalue weighted by atomic mass is 16.3. The summed E-state index contributed by atoms with van der Waals surface area (Å²) in [6.07, 6.45) is 5.62. The minimum absolute atomic E-state index is 0.0396. The van der Waals surface area contributed by atoms with E-state index in [9.17, 15) is 19.2 Å². The molecule has 0 bridgehead atoms. The van der Waals surface area contributed by atoms with Crippen molar-refractivity contribution in [1.82, 2.24) is 25.4 Å². The van der Waals surface area contributed by atoms with Crippen LogP contribution < -0.4 is 22.1 Å². The van der Waals surface area contributed by atoms with Gasteiger partial charge in [0.2, 0.25) is 23.5 Å². The molecule has 2 aliphatic heterocycles. The number of amides is 3. The van der Waals surface area contributed by atoms with Gasteiger partial charge in [-0.3, -0.25) is 29.6 Å². The number of carbonyl (C=O) groups is 4. The van der Waals surface area contributed by atoms with Crippen molar-refractivity contribution in [3.63, 3.8) is 0 Å². The minimum Gasteiger partial charge on any atom is -0.442 e. The maximum absolute atomic E-state index is 12.8. The number of piperidine rings is 1. The van der Waals surface area contributed by atoms with E-state index >= 15 is 0 Å². The lowest BCUT2D eigenvalue weighted by molar-refractivity contribution is -0.136. The number of nitrogens with zero attached hydrogens (tertiary/aromatic N) is 4. The van der Waals surface area contributed by atoms with Crippen LogP contribution in [0.5, 0.6) is 0 Å². The van der Waals surface area contributed by atoms with Crippen LogP contribution in [0.3, 0.4) is 0 Å². The molecule has 0 radical (unpaired) electrons. The fraction of sp³-hybridized carbons (Fsp3) is 0.625. The van der Waals surface area contributed by atoms with Crippen molar-refractivity contribution < 1.29 is 23.6 Å². The van der Waals surface area contributed by atoms with Crippen LogP contribution in [0, 0.1) is 11.3 Å². The summed E-state index contributed by atoms with van der Waals surface area (Å²) in [7, 11) is 0. The Morgan fingerprint density at radius 2 is 1.95 bits per heavy atom. The molecule has 0 saturated carbocycles. The van der Waals surface area contributed by atoms with Crippen molar-refractivity contribution in [3.8, 4) is 0 Å². The number of nitrogens with two attached hydrogens (primary N) is 2. The normalized spacial score (nSPS) is 19.3. The van der Waals surface area contributed by atoms with Gasteiger partial charge in [-0.2, -0.15) is 0 Å². The van der Waals surface area contributed by atoms with E-state index in [1.54, 1.807) is 11.8 Å². The lowest BCUT2D eigenvalue weighted by Gasteiger charge is -2.31. The molecule has 208 valence electrons. The molecule has 1 aromatic heterocycles. The SMILES string of the molecule is CC(N)=NCCC[C@H](NC(=O)CN1CC[C@H](NC(=O)CC2CCN(C(=N)N)CC2)C1=O)C(=O)c1ncco1. The first-order valence-corrected chi connectivity index (χ1v) is 12.8. The van der Waals surface area contributed by atoms with Crippen molar-refractivity contribution in [1.29, 1.82) is 5.41 Å². The predicted octanol–water partition coefficient (Wildman–Crippen LogP) is -0.788. The van der Waals surface area contributed by atoms with E-state index < -0.39 is 23.8 Å². The summed E-state index contributed by atoms with van der Waals surface area (Å²) in [5.74, 6) is -0.974. The largest absolute Gasteiger partial charge is 0.442 e. The number of nitrogens with one attached hydrogen (secondary N) is 3. The zero-order valence-corrected chi connectivity index (χ0v) is 21.6. The van der Waals surface area contributed by atoms with E-state index in [0.29, 0.717) is 57.7 Å². The number of oxazole rings is 1. The second-order valence-electron chi connectivity index (χ2n) is 9.68. The van der Waals surface area contributed by atoms with E-state index in [1.165, 1.54) is 17.4 Å². The van der Waals surface area contributed by atoms with Gasteiger partial charge in [-0.15, -0.1) is 0 Å². The molecule has 0 unspecified atom stereocenters. The van der Waals surface area contributed by atoms with Crippen molar-refractivity contribution in [3.05, 3.63) is 18.4 Å². The molecule has 1 aromatic rings. The first-order valence-electron chi connectivity index (χ1n) is 12.8. The summed E-state index contributed by atoms with van der Waals surface area (Å²) in [5, 5.41) is 13.0. The van der Waals surface area contributed by atoms with Gasteiger partial charge >= 0.3 is 0 Å². The number of rotatable bonds is 12. The van der Waals surface area contributed by atoms with Gasteiger partial charge in [0.05, 0.1) is 24.6 Å². The quantitative estimate of drug-likeness (QED) is 0.0987. The average Bonchev–Trinajstić information content (AvgIpc) is 3.52. The molecule has 3 heterocycles. The Balaban J connectivity index is 1.47. The van der Waals surface area contributed by atoms with Gasteiger partial charge in [0.15, 0.2) is 5.96 Å². The number of Topliss-reactive ketones (excluding diaryl/α,β-unsaturated/α-hetero) is 1. The van der Waals surface area contributed by atoms with E-state index in [-0.39, 0.29) is 36.1 Å². The van der Waals surface area contributed by atoms with E-state index in [0.717, 1.165) is 12.8 Å². The molecule has 3 amide bonds. The number of aliphatic imine (C=N–C) groups is 1. The molecule has 2 saturated heterocycles. The molecule has 3 rings (SSSR count). The van der Waals surface area contributed by atoms with Gasteiger partial charge in [-0.1, -0.05) is 0 Å². The van der Waals surface area contributed by atoms with Crippen LogP contribution in [-0.2, 0) is 14.4 Å². The molecule has 38 heavy (non-hydrogen) atoms. The Hall–Kier alpha value is -3.97. The molecule has 0 aliphatic carbocycles. The molecule has 7 N–H and O–H groups in total. The van der Waals surface area contributed by atoms with Crippen LogP contribution in [0.25, 0.3) is 0 Å². The average molecular weight is 532 g/mol. The molecular formula is C24H37N9O5. The van der Waals surface area contributed by atoms with Crippen LogP contribution in [0.1, 0.15) is 56.1 Å². The van der Waals surface area contributed by atoms with Gasteiger partial charge in [-0.05, 0) is 44.9 Å². The number of hydrogen-bond acceptors (Lipinski definition) is 8. The molecular weight excluding hydrogens is 494 g/mol. The fourth-order valence-electron chi connectivity index (χ4n) is 4.65. The van der Waals surface area contributed by atoms with E-state index in [2.05, 4.69) is 20.6 Å². The first kappa shape index (κ1) is 28.6. The van der Waals surface area contributed by atoms with Crippen molar-refractivity contribution >= 4 is 35.3 Å². The minimum atomic E-state index is -0.892. The lowest BCUT2D eigenvalue weighted by atomic mass is 9.93. The van der Waals surface area contributed by atoms with Gasteiger partial charge < -0.3 is 36.3 Å². The smallest absolute Gasteiger partial charge is 0.265 e. The number of aromatic nitrogens is 1. The fourth-order valence-corrected chi connectivity index (χ4v) is 4.65. The number of ketones is 1. The number of carbonyl (C=O) groups excluding carboxylic acids is 4. The lowest BCUT2D eigenvalue weighted by Crippen LogP contribution is -2.48. The van der Waals surface area contributed by atoms with Crippen molar-refractivity contribution in [2.45, 2.75) is 57.5 Å². The van der Waals surface area contributed by atoms with Crippen LogP contribution in [0.4, 0.5) is 0 Å². The first-order chi connectivity index (χ1) is 18.1. The predicted molar refractivity (Wildman–Crippen MR) is 138 cm³/mol. The summed E-state index contributed by atoms with van der Waals surface area (Å²) in [5.41, 5.74) is 11.1. The summed E-state index contributed by atoms with van der Waals surface area (Å²) >= 11 is 0. The van der Waals surface area contributed by atoms with Crippen molar-refractivity contribution in [2.24, 2.45) is 22.4 Å². The van der Waals surface area contributed by atoms with Crippen LogP contribution in [-0.4, -0.2) is 94.9 Å². The second kappa shape index (κ2) is 13.5. The number of likely N-dealkylation sites (tertiary alicyclic amines) is 2. The maximum atomic E-state index is 12.8. The summed E-state index contributed by atoms with van der Waals surface area (Å²) in [6.45, 7) is 3.42. The Labute approximate surface area is 221 Å². The summed E-state index contributed by atoms with van der Waals surface area (Å²) in [4.78, 5) is 62.0. The molecule has 0 aromatic carbocycles. The number of guanidine groups is 1. The van der Waals surface area contributed by atoms with Gasteiger partial charge in [0.1, 0.15) is 12.3 Å². The van der Waals surface area contributed by atoms with E-state index in [1.807, 2.05) is 0 Å². The summed E-state index contributed by atoms with van der Waals surface area (Å²) in [6, 6.07) is -1.58. The van der Waals surface area contributed by atoms with Crippen LogP contribution in [0.2, 0.25) is 0 Å². The maximum Gasteiger partial charge on any atom is 0.265 e. The highest BCUT2D eigenvalue weighted by molar-refractivity contribution is 5.99. The Morgan fingerprint density at radius 3 is 2.58 bits per heavy atom. The van der Waals surface area contributed by atoms with Crippen LogP contribution in [0.15, 0.2) is 21.9 Å². The molecule has 0 spiro atoms. The van der Waals surface area contributed by atoms with Gasteiger partial charge in [-0.25, -0.2) is 4.98 Å². The summed E-state index contributed by atoms with van der Waals surface area (Å²) < 4.78 is 5.09. The standard InChI is InChI=1S/C24H37N9O5/c1-15(25)28-7-2-3-17(21(36)22-29-8-12-38-22)30-20(35)14-33-11-6-18(23(33)37)31-19(34)13-16-4-9-32(10-5-16)24(26)27/h8,12,16-18H,2-7,9-11,13-14H2,1H3,(H2,25,28)(H3,26,27)(H,30,35)(H,31,34)/t17-,18-/m0/s1. The third-order valence-electron chi connectivity index (χ3n) is 6.70. The zero-order valence-electron chi connectivity index (χ0n) is 21.6. The monoisotopic (exact) mass is 531 g/mol. The molecule has 14 heteroatoms. The molecule has 2 atom stereocenters. The molecule has 2 fully saturated rings. The number of amidine groups is 1. The Bertz CT molecular complexity index is 1030. The Morgan fingerprint density at radius 1 is 1.21 bits per heavy atom. The third-order valence-corrected chi connectivity index (χ3v) is 6.70.